The number of aromatic nitrogens is 2. The molecule has 2 rings (SSSR count). The largest absolute Gasteiger partial charge is 0.496 e. The van der Waals surface area contributed by atoms with E-state index < -0.39 is 0 Å². The first kappa shape index (κ1) is 13.5. The summed E-state index contributed by atoms with van der Waals surface area (Å²) in [5, 5.41) is 3.45. The zero-order chi connectivity index (χ0) is 13.5. The maximum atomic E-state index is 5.36. The Morgan fingerprint density at radius 3 is 2.84 bits per heavy atom. The molecule has 1 aromatic heterocycles. The van der Waals surface area contributed by atoms with Gasteiger partial charge in [0.25, 0.3) is 0 Å². The van der Waals surface area contributed by atoms with Gasteiger partial charge in [-0.3, -0.25) is 0 Å². The molecule has 0 saturated heterocycles. The van der Waals surface area contributed by atoms with Crippen LogP contribution in [0.15, 0.2) is 42.9 Å². The molecule has 1 heterocycles. The average molecular weight is 257 g/mol. The monoisotopic (exact) mass is 257 g/mol. The van der Waals surface area contributed by atoms with Crippen LogP contribution in [0.25, 0.3) is 0 Å². The summed E-state index contributed by atoms with van der Waals surface area (Å²) in [6, 6.07) is 10.4. The van der Waals surface area contributed by atoms with Crippen molar-refractivity contribution in [2.75, 3.05) is 7.11 Å². The fourth-order valence-electron chi connectivity index (χ4n) is 1.98. The summed E-state index contributed by atoms with van der Waals surface area (Å²) in [6.45, 7) is 2.91. The molecule has 0 spiro atoms. The van der Waals surface area contributed by atoms with E-state index in [1.165, 1.54) is 5.56 Å². The van der Waals surface area contributed by atoms with Crippen molar-refractivity contribution >= 4 is 0 Å². The predicted molar refractivity (Wildman–Crippen MR) is 75.0 cm³/mol. The van der Waals surface area contributed by atoms with Gasteiger partial charge in [-0.1, -0.05) is 18.2 Å². The second-order valence-electron chi connectivity index (χ2n) is 4.50. The molecule has 19 heavy (non-hydrogen) atoms. The summed E-state index contributed by atoms with van der Waals surface area (Å²) in [5.74, 6) is 0.943. The van der Waals surface area contributed by atoms with Crippen molar-refractivity contribution < 1.29 is 4.74 Å². The van der Waals surface area contributed by atoms with Crippen LogP contribution in [0.3, 0.4) is 0 Å². The number of para-hydroxylation sites is 1. The maximum Gasteiger partial charge on any atom is 0.122 e. The SMILES string of the molecule is COc1ccccc1CC(C)NCc1ccncn1. The Morgan fingerprint density at radius 1 is 1.26 bits per heavy atom. The Kier molecular flexibility index (Phi) is 4.86. The fraction of sp³-hybridized carbons (Fsp3) is 0.333. The smallest absolute Gasteiger partial charge is 0.122 e. The molecule has 0 radical (unpaired) electrons. The van der Waals surface area contributed by atoms with Gasteiger partial charge in [0.15, 0.2) is 0 Å². The van der Waals surface area contributed by atoms with Crippen molar-refractivity contribution in [3.8, 4) is 5.75 Å². The van der Waals surface area contributed by atoms with Gasteiger partial charge in [-0.25, -0.2) is 9.97 Å². The van der Waals surface area contributed by atoms with Crippen LogP contribution in [0.1, 0.15) is 18.2 Å². The van der Waals surface area contributed by atoms with Crippen molar-refractivity contribution in [1.29, 1.82) is 0 Å². The van der Waals surface area contributed by atoms with Crippen LogP contribution in [-0.4, -0.2) is 23.1 Å². The van der Waals surface area contributed by atoms with Gasteiger partial charge in [-0.05, 0) is 31.0 Å². The number of hydrogen-bond acceptors (Lipinski definition) is 4. The molecule has 0 saturated carbocycles. The minimum atomic E-state index is 0.353. The van der Waals surface area contributed by atoms with Gasteiger partial charge in [0, 0.05) is 18.8 Å². The molecule has 1 N–H and O–H groups in total. The summed E-state index contributed by atoms with van der Waals surface area (Å²) in [4.78, 5) is 8.10. The molecule has 0 bridgehead atoms. The number of nitrogens with zero attached hydrogens (tertiary/aromatic N) is 2. The number of benzene rings is 1. The van der Waals surface area contributed by atoms with E-state index in [1.54, 1.807) is 19.6 Å². The molecule has 1 atom stereocenters. The minimum absolute atomic E-state index is 0.353. The third-order valence-corrected chi connectivity index (χ3v) is 2.99. The van der Waals surface area contributed by atoms with E-state index in [4.69, 9.17) is 4.74 Å². The number of nitrogens with one attached hydrogen (secondary N) is 1. The molecule has 4 heteroatoms. The van der Waals surface area contributed by atoms with E-state index in [0.717, 1.165) is 24.4 Å². The summed E-state index contributed by atoms with van der Waals surface area (Å²) in [5.41, 5.74) is 2.22. The van der Waals surface area contributed by atoms with Gasteiger partial charge in [0.1, 0.15) is 12.1 Å². The van der Waals surface area contributed by atoms with Crippen molar-refractivity contribution in [2.24, 2.45) is 0 Å². The molecule has 0 aliphatic heterocycles. The van der Waals surface area contributed by atoms with E-state index in [1.807, 2.05) is 24.3 Å². The van der Waals surface area contributed by atoms with E-state index in [9.17, 15) is 0 Å². The first-order valence-corrected chi connectivity index (χ1v) is 6.39. The lowest BCUT2D eigenvalue weighted by atomic mass is 10.1. The van der Waals surface area contributed by atoms with E-state index in [-0.39, 0.29) is 0 Å². The lowest BCUT2D eigenvalue weighted by Gasteiger charge is -2.15. The lowest BCUT2D eigenvalue weighted by molar-refractivity contribution is 0.406. The predicted octanol–water partition coefficient (Wildman–Crippen LogP) is 2.21. The first-order chi connectivity index (χ1) is 9.29. The van der Waals surface area contributed by atoms with Gasteiger partial charge >= 0.3 is 0 Å². The standard InChI is InChI=1S/C15H19N3O/c1-12(17-10-14-7-8-16-11-18-14)9-13-5-3-4-6-15(13)19-2/h3-8,11-12,17H,9-10H2,1-2H3. The maximum absolute atomic E-state index is 5.36. The molecule has 1 aromatic carbocycles. The molecule has 0 amide bonds. The highest BCUT2D eigenvalue weighted by molar-refractivity contribution is 5.33. The van der Waals surface area contributed by atoms with Gasteiger partial charge in [0.05, 0.1) is 12.8 Å². The zero-order valence-corrected chi connectivity index (χ0v) is 11.3. The number of hydrogen-bond donors (Lipinski definition) is 1. The van der Waals surface area contributed by atoms with Gasteiger partial charge in [0.2, 0.25) is 0 Å². The van der Waals surface area contributed by atoms with Crippen molar-refractivity contribution in [3.63, 3.8) is 0 Å². The summed E-state index contributed by atoms with van der Waals surface area (Å²) >= 11 is 0. The Labute approximate surface area is 113 Å². The van der Waals surface area contributed by atoms with Gasteiger partial charge in [-0.15, -0.1) is 0 Å². The van der Waals surface area contributed by atoms with E-state index >= 15 is 0 Å². The third kappa shape index (κ3) is 4.03. The molecule has 100 valence electrons. The molecular weight excluding hydrogens is 238 g/mol. The molecule has 0 fully saturated rings. The van der Waals surface area contributed by atoms with Crippen LogP contribution in [-0.2, 0) is 13.0 Å². The molecule has 4 nitrogen and oxygen atoms in total. The van der Waals surface area contributed by atoms with Crippen LogP contribution in [0, 0.1) is 0 Å². The number of rotatable bonds is 6. The van der Waals surface area contributed by atoms with E-state index in [0.29, 0.717) is 6.04 Å². The normalized spacial score (nSPS) is 12.1. The highest BCUT2D eigenvalue weighted by atomic mass is 16.5. The molecule has 0 aliphatic rings. The van der Waals surface area contributed by atoms with Crippen molar-refractivity contribution in [1.82, 2.24) is 15.3 Å². The van der Waals surface area contributed by atoms with Crippen LogP contribution < -0.4 is 10.1 Å². The number of methoxy groups -OCH3 is 1. The molecular formula is C15H19N3O. The first-order valence-electron chi connectivity index (χ1n) is 6.39. The highest BCUT2D eigenvalue weighted by Gasteiger charge is 2.07. The fourth-order valence-corrected chi connectivity index (χ4v) is 1.98. The highest BCUT2D eigenvalue weighted by Crippen LogP contribution is 2.18. The quantitative estimate of drug-likeness (QED) is 0.862. The molecule has 1 unspecified atom stereocenters. The average Bonchev–Trinajstić information content (AvgIpc) is 2.47. The Hall–Kier alpha value is -1.94. The third-order valence-electron chi connectivity index (χ3n) is 2.99. The van der Waals surface area contributed by atoms with Crippen LogP contribution in [0.2, 0.25) is 0 Å². The summed E-state index contributed by atoms with van der Waals surface area (Å²) in [6.07, 6.45) is 4.26. The van der Waals surface area contributed by atoms with Crippen LogP contribution >= 0.6 is 0 Å². The molecule has 2 aromatic rings. The topological polar surface area (TPSA) is 47.0 Å². The van der Waals surface area contributed by atoms with Crippen LogP contribution in [0.5, 0.6) is 5.75 Å². The van der Waals surface area contributed by atoms with Crippen LogP contribution in [0.4, 0.5) is 0 Å². The Bertz CT molecular complexity index is 502. The van der Waals surface area contributed by atoms with Gasteiger partial charge < -0.3 is 10.1 Å². The Balaban J connectivity index is 1.89. The number of ether oxygens (including phenoxy) is 1. The van der Waals surface area contributed by atoms with Gasteiger partial charge in [-0.2, -0.15) is 0 Å². The van der Waals surface area contributed by atoms with E-state index in [2.05, 4.69) is 28.3 Å². The van der Waals surface area contributed by atoms with Crippen molar-refractivity contribution in [2.45, 2.75) is 25.9 Å². The Morgan fingerprint density at radius 2 is 2.11 bits per heavy atom. The zero-order valence-electron chi connectivity index (χ0n) is 11.3. The van der Waals surface area contributed by atoms with Crippen molar-refractivity contribution in [3.05, 3.63) is 54.1 Å². The summed E-state index contributed by atoms with van der Waals surface area (Å²) < 4.78 is 5.36. The second kappa shape index (κ2) is 6.85. The lowest BCUT2D eigenvalue weighted by Crippen LogP contribution is -2.28. The molecule has 0 aliphatic carbocycles. The summed E-state index contributed by atoms with van der Waals surface area (Å²) in [7, 11) is 1.71. The minimum Gasteiger partial charge on any atom is -0.496 e. The second-order valence-corrected chi connectivity index (χ2v) is 4.50.